The van der Waals surface area contributed by atoms with Gasteiger partial charge in [0.05, 0.1) is 5.56 Å². The summed E-state index contributed by atoms with van der Waals surface area (Å²) in [6.45, 7) is 2.24. The zero-order valence-electron chi connectivity index (χ0n) is 15.8. The fourth-order valence-electron chi connectivity index (χ4n) is 3.50. The summed E-state index contributed by atoms with van der Waals surface area (Å²) in [5.74, 6) is 1.12. The lowest BCUT2D eigenvalue weighted by Gasteiger charge is -2.12. The molecule has 1 atom stereocenters. The van der Waals surface area contributed by atoms with E-state index in [4.69, 9.17) is 4.74 Å². The number of allylic oxidation sites excluding steroid dienone is 2. The van der Waals surface area contributed by atoms with E-state index in [1.807, 2.05) is 30.3 Å². The molecule has 0 saturated carbocycles. The highest BCUT2D eigenvalue weighted by atomic mass is 16.5. The van der Waals surface area contributed by atoms with Gasteiger partial charge in [0.2, 0.25) is 0 Å². The summed E-state index contributed by atoms with van der Waals surface area (Å²) in [6.07, 6.45) is 17.4. The second kappa shape index (κ2) is 11.9. The van der Waals surface area contributed by atoms with Crippen molar-refractivity contribution in [2.24, 2.45) is 5.92 Å². The first-order chi connectivity index (χ1) is 12.3. The zero-order chi connectivity index (χ0) is 17.7. The Morgan fingerprint density at radius 3 is 2.04 bits per heavy atom. The summed E-state index contributed by atoms with van der Waals surface area (Å²) in [5, 5.41) is 0. The fourth-order valence-corrected chi connectivity index (χ4v) is 3.50. The molecule has 138 valence electrons. The number of carbonyl (C=O) groups is 1. The molecule has 2 heteroatoms. The number of carbonyl (C=O) groups excluding carboxylic acids is 1. The molecule has 25 heavy (non-hydrogen) atoms. The maximum Gasteiger partial charge on any atom is 0.343 e. The standard InChI is InChI=1S/C23H34O2/c1-20-15-11-8-6-4-2-3-5-7-9-14-18-22(19-20)25-23(24)21-16-12-10-13-17-21/h10,12-13,16-17,19-20H,2-9,11,14-15,18H2,1H3/b22-19+. The molecule has 0 saturated heterocycles. The van der Waals surface area contributed by atoms with Gasteiger partial charge in [-0.05, 0) is 37.0 Å². The maximum absolute atomic E-state index is 12.4. The summed E-state index contributed by atoms with van der Waals surface area (Å²) >= 11 is 0. The monoisotopic (exact) mass is 342 g/mol. The SMILES string of the molecule is CC1/C=C(/OC(=O)c2ccccc2)CCCCCCCCCCCC1. The van der Waals surface area contributed by atoms with E-state index >= 15 is 0 Å². The molecule has 0 radical (unpaired) electrons. The van der Waals surface area contributed by atoms with E-state index in [1.54, 1.807) is 0 Å². The van der Waals surface area contributed by atoms with Crippen LogP contribution in [0.25, 0.3) is 0 Å². The second-order valence-corrected chi connectivity index (χ2v) is 7.44. The predicted octanol–water partition coefficient (Wildman–Crippen LogP) is 7.06. The number of hydrogen-bond acceptors (Lipinski definition) is 2. The summed E-state index contributed by atoms with van der Waals surface area (Å²) in [6, 6.07) is 9.31. The molecule has 2 nitrogen and oxygen atoms in total. The molecule has 0 heterocycles. The normalized spacial score (nSPS) is 23.6. The van der Waals surface area contributed by atoms with Gasteiger partial charge < -0.3 is 4.74 Å². The number of ether oxygens (including phenoxy) is 1. The Labute approximate surface area is 153 Å². The number of benzene rings is 1. The lowest BCUT2D eigenvalue weighted by Crippen LogP contribution is -2.06. The van der Waals surface area contributed by atoms with E-state index in [-0.39, 0.29) is 5.97 Å². The van der Waals surface area contributed by atoms with Gasteiger partial charge in [-0.25, -0.2) is 4.79 Å². The van der Waals surface area contributed by atoms with E-state index < -0.39 is 0 Å². The fraction of sp³-hybridized carbons (Fsp3) is 0.609. The van der Waals surface area contributed by atoms with Gasteiger partial charge >= 0.3 is 5.97 Å². The molecule has 0 bridgehead atoms. The first-order valence-electron chi connectivity index (χ1n) is 10.2. The van der Waals surface area contributed by atoms with Crippen molar-refractivity contribution >= 4 is 5.97 Å². The van der Waals surface area contributed by atoms with E-state index in [2.05, 4.69) is 13.0 Å². The van der Waals surface area contributed by atoms with E-state index in [0.717, 1.165) is 18.6 Å². The highest BCUT2D eigenvalue weighted by molar-refractivity contribution is 5.89. The predicted molar refractivity (Wildman–Crippen MR) is 105 cm³/mol. The molecule has 1 unspecified atom stereocenters. The molecular weight excluding hydrogens is 308 g/mol. The van der Waals surface area contributed by atoms with Crippen molar-refractivity contribution in [3.8, 4) is 0 Å². The average molecular weight is 343 g/mol. The second-order valence-electron chi connectivity index (χ2n) is 7.44. The largest absolute Gasteiger partial charge is 0.428 e. The van der Waals surface area contributed by atoms with Crippen LogP contribution in [0.15, 0.2) is 42.2 Å². The smallest absolute Gasteiger partial charge is 0.343 e. The van der Waals surface area contributed by atoms with Crippen LogP contribution in [-0.2, 0) is 4.74 Å². The topological polar surface area (TPSA) is 26.3 Å². The average Bonchev–Trinajstić information content (AvgIpc) is 2.63. The summed E-state index contributed by atoms with van der Waals surface area (Å²) in [4.78, 5) is 12.4. The van der Waals surface area contributed by atoms with Crippen LogP contribution in [0.3, 0.4) is 0 Å². The minimum Gasteiger partial charge on any atom is -0.428 e. The van der Waals surface area contributed by atoms with E-state index in [0.29, 0.717) is 11.5 Å². The van der Waals surface area contributed by atoms with Gasteiger partial charge in [-0.3, -0.25) is 0 Å². The molecule has 1 aliphatic rings. The lowest BCUT2D eigenvalue weighted by atomic mass is 10.0. The van der Waals surface area contributed by atoms with Crippen molar-refractivity contribution < 1.29 is 9.53 Å². The Bertz CT molecular complexity index is 518. The Kier molecular flexibility index (Phi) is 9.40. The van der Waals surface area contributed by atoms with Crippen molar-refractivity contribution in [1.29, 1.82) is 0 Å². The van der Waals surface area contributed by atoms with Gasteiger partial charge in [0.15, 0.2) is 0 Å². The molecule has 0 amide bonds. The van der Waals surface area contributed by atoms with Crippen LogP contribution in [0.2, 0.25) is 0 Å². The minimum atomic E-state index is -0.225. The summed E-state index contributed by atoms with van der Waals surface area (Å²) in [5.41, 5.74) is 0.631. The third kappa shape index (κ3) is 8.38. The minimum absolute atomic E-state index is 0.225. The molecular formula is C23H34O2. The van der Waals surface area contributed by atoms with Crippen molar-refractivity contribution in [1.82, 2.24) is 0 Å². The molecule has 1 aromatic carbocycles. The number of rotatable bonds is 2. The first-order valence-corrected chi connectivity index (χ1v) is 10.2. The highest BCUT2D eigenvalue weighted by Crippen LogP contribution is 2.21. The lowest BCUT2D eigenvalue weighted by molar-refractivity contribution is 0.0610. The van der Waals surface area contributed by atoms with Crippen molar-refractivity contribution in [3.05, 3.63) is 47.7 Å². The van der Waals surface area contributed by atoms with E-state index in [1.165, 1.54) is 64.2 Å². The van der Waals surface area contributed by atoms with Crippen LogP contribution in [0.5, 0.6) is 0 Å². The van der Waals surface area contributed by atoms with Gasteiger partial charge in [0.1, 0.15) is 5.76 Å². The number of esters is 1. The zero-order valence-corrected chi connectivity index (χ0v) is 15.8. The molecule has 2 rings (SSSR count). The van der Waals surface area contributed by atoms with Crippen molar-refractivity contribution in [2.75, 3.05) is 0 Å². The van der Waals surface area contributed by atoms with Crippen LogP contribution < -0.4 is 0 Å². The third-order valence-corrected chi connectivity index (χ3v) is 5.04. The molecule has 0 aromatic heterocycles. The van der Waals surface area contributed by atoms with Gasteiger partial charge in [0.25, 0.3) is 0 Å². The van der Waals surface area contributed by atoms with Crippen LogP contribution in [0.4, 0.5) is 0 Å². The van der Waals surface area contributed by atoms with Crippen LogP contribution in [-0.4, -0.2) is 5.97 Å². The van der Waals surface area contributed by atoms with E-state index in [9.17, 15) is 4.79 Å². The summed E-state index contributed by atoms with van der Waals surface area (Å²) < 4.78 is 5.75. The molecule has 1 aliphatic carbocycles. The Hall–Kier alpha value is -1.57. The van der Waals surface area contributed by atoms with Gasteiger partial charge in [-0.2, -0.15) is 0 Å². The molecule has 0 fully saturated rings. The van der Waals surface area contributed by atoms with Crippen molar-refractivity contribution in [3.63, 3.8) is 0 Å². The quantitative estimate of drug-likeness (QED) is 0.538. The van der Waals surface area contributed by atoms with Crippen LogP contribution in [0, 0.1) is 5.92 Å². The number of hydrogen-bond donors (Lipinski definition) is 0. The maximum atomic E-state index is 12.4. The molecule has 0 spiro atoms. The molecule has 0 aliphatic heterocycles. The highest BCUT2D eigenvalue weighted by Gasteiger charge is 2.11. The summed E-state index contributed by atoms with van der Waals surface area (Å²) in [7, 11) is 0. The van der Waals surface area contributed by atoms with Gasteiger partial charge in [0, 0.05) is 6.42 Å². The van der Waals surface area contributed by atoms with Crippen molar-refractivity contribution in [2.45, 2.75) is 84.0 Å². The molecule has 0 N–H and O–H groups in total. The Morgan fingerprint density at radius 1 is 0.840 bits per heavy atom. The van der Waals surface area contributed by atoms with Crippen LogP contribution in [0.1, 0.15) is 94.3 Å². The van der Waals surface area contributed by atoms with Crippen LogP contribution >= 0.6 is 0 Å². The molecule has 1 aromatic rings. The van der Waals surface area contributed by atoms with Gasteiger partial charge in [-0.15, -0.1) is 0 Å². The first kappa shape index (κ1) is 19.8. The Morgan fingerprint density at radius 2 is 1.40 bits per heavy atom. The van der Waals surface area contributed by atoms with Gasteiger partial charge in [-0.1, -0.05) is 82.9 Å². The third-order valence-electron chi connectivity index (χ3n) is 5.04. The Balaban J connectivity index is 1.95.